The van der Waals surface area contributed by atoms with Crippen LogP contribution in [0.1, 0.15) is 37.8 Å². The summed E-state index contributed by atoms with van der Waals surface area (Å²) in [5.41, 5.74) is 0.720. The van der Waals surface area contributed by atoms with E-state index in [9.17, 15) is 9.90 Å². The number of nitrogens with zero attached hydrogens (tertiary/aromatic N) is 3. The largest absolute Gasteiger partial charge is 0.392 e. The highest BCUT2D eigenvalue weighted by atomic mass is 35.5. The summed E-state index contributed by atoms with van der Waals surface area (Å²) in [5, 5.41) is 17.5. The fraction of sp³-hybridized carbons (Fsp3) is 0.765. The lowest BCUT2D eigenvalue weighted by Crippen LogP contribution is -2.63. The van der Waals surface area contributed by atoms with Crippen LogP contribution in [0.2, 0.25) is 0 Å². The van der Waals surface area contributed by atoms with Gasteiger partial charge in [0.05, 0.1) is 18.4 Å². The average Bonchev–Trinajstić information content (AvgIpc) is 3.01. The molecule has 1 amide bonds. The Bertz CT molecular complexity index is 584. The average molecular weight is 373 g/mol. The van der Waals surface area contributed by atoms with Gasteiger partial charge in [0, 0.05) is 50.3 Å². The molecule has 2 aliphatic rings. The lowest BCUT2D eigenvalue weighted by atomic mass is 9.58. The fourth-order valence-electron chi connectivity index (χ4n) is 4.16. The molecule has 3 unspecified atom stereocenters. The zero-order chi connectivity index (χ0) is 17.3. The zero-order valence-corrected chi connectivity index (χ0v) is 16.0. The van der Waals surface area contributed by atoms with Crippen LogP contribution < -0.4 is 5.32 Å². The molecule has 0 bridgehead atoms. The van der Waals surface area contributed by atoms with E-state index in [0.29, 0.717) is 19.7 Å². The summed E-state index contributed by atoms with van der Waals surface area (Å²) in [5.74, 6) is 0.0714. The van der Waals surface area contributed by atoms with E-state index in [1.807, 2.05) is 25.1 Å². The summed E-state index contributed by atoms with van der Waals surface area (Å²) < 4.78 is 7.50. The van der Waals surface area contributed by atoms with Gasteiger partial charge in [-0.25, -0.2) is 0 Å². The van der Waals surface area contributed by atoms with Crippen molar-refractivity contribution in [3.8, 4) is 0 Å². The highest BCUT2D eigenvalue weighted by Gasteiger charge is 2.56. The van der Waals surface area contributed by atoms with Gasteiger partial charge in [-0.15, -0.1) is 12.4 Å². The van der Waals surface area contributed by atoms with Crippen LogP contribution in [-0.2, 0) is 16.6 Å². The van der Waals surface area contributed by atoms with Crippen molar-refractivity contribution in [2.24, 2.45) is 12.5 Å². The van der Waals surface area contributed by atoms with Crippen molar-refractivity contribution in [3.63, 3.8) is 0 Å². The molecule has 0 aromatic carbocycles. The van der Waals surface area contributed by atoms with Gasteiger partial charge in [0.1, 0.15) is 6.04 Å². The second kappa shape index (κ2) is 8.03. The third-order valence-electron chi connectivity index (χ3n) is 5.71. The van der Waals surface area contributed by atoms with E-state index in [2.05, 4.69) is 10.4 Å². The van der Waals surface area contributed by atoms with E-state index in [1.54, 1.807) is 17.9 Å². The van der Waals surface area contributed by atoms with Gasteiger partial charge in [0.25, 0.3) is 0 Å². The number of amides is 1. The van der Waals surface area contributed by atoms with Crippen LogP contribution in [0.5, 0.6) is 0 Å². The Hall–Kier alpha value is -1.15. The number of hydrogen-bond donors (Lipinski definition) is 2. The molecule has 3 rings (SSSR count). The molecule has 142 valence electrons. The van der Waals surface area contributed by atoms with E-state index >= 15 is 0 Å². The number of aliphatic hydroxyl groups is 1. The predicted octanol–water partition coefficient (Wildman–Crippen LogP) is 0.881. The van der Waals surface area contributed by atoms with Crippen LogP contribution >= 0.6 is 12.4 Å². The Balaban J connectivity index is 0.00000225. The first-order valence-corrected chi connectivity index (χ1v) is 8.76. The summed E-state index contributed by atoms with van der Waals surface area (Å²) in [4.78, 5) is 14.8. The van der Waals surface area contributed by atoms with Gasteiger partial charge in [-0.05, 0) is 26.8 Å². The maximum absolute atomic E-state index is 12.9. The Morgan fingerprint density at radius 1 is 1.52 bits per heavy atom. The van der Waals surface area contributed by atoms with Gasteiger partial charge in [0.15, 0.2) is 0 Å². The number of likely N-dealkylation sites (tertiary alicyclic amines) is 1. The Labute approximate surface area is 155 Å². The van der Waals surface area contributed by atoms with Crippen LogP contribution in [0.3, 0.4) is 0 Å². The van der Waals surface area contributed by atoms with Gasteiger partial charge < -0.3 is 20.1 Å². The molecule has 1 saturated carbocycles. The van der Waals surface area contributed by atoms with Crippen molar-refractivity contribution in [2.45, 2.75) is 44.4 Å². The molecule has 1 saturated heterocycles. The normalized spacial score (nSPS) is 26.0. The molecule has 1 aliphatic carbocycles. The first kappa shape index (κ1) is 20.2. The second-order valence-electron chi connectivity index (χ2n) is 6.92. The number of nitrogens with one attached hydrogen (secondary N) is 1. The molecule has 2 N–H and O–H groups in total. The van der Waals surface area contributed by atoms with Crippen molar-refractivity contribution in [3.05, 3.63) is 18.0 Å². The van der Waals surface area contributed by atoms with E-state index in [0.717, 1.165) is 24.8 Å². The van der Waals surface area contributed by atoms with Crippen molar-refractivity contribution in [1.82, 2.24) is 20.0 Å². The number of hydrogen-bond acceptors (Lipinski definition) is 5. The highest BCUT2D eigenvalue weighted by molar-refractivity contribution is 5.85. The predicted molar refractivity (Wildman–Crippen MR) is 96.5 cm³/mol. The Morgan fingerprint density at radius 3 is 2.68 bits per heavy atom. The highest BCUT2D eigenvalue weighted by Crippen LogP contribution is 2.51. The number of halogens is 1. The molecule has 25 heavy (non-hydrogen) atoms. The van der Waals surface area contributed by atoms with Crippen LogP contribution in [0.25, 0.3) is 0 Å². The molecule has 2 fully saturated rings. The van der Waals surface area contributed by atoms with Crippen molar-refractivity contribution < 1.29 is 14.6 Å². The maximum Gasteiger partial charge on any atom is 0.244 e. The minimum absolute atomic E-state index is 0. The minimum Gasteiger partial charge on any atom is -0.392 e. The maximum atomic E-state index is 12.9. The summed E-state index contributed by atoms with van der Waals surface area (Å²) in [7, 11) is 3.64. The summed E-state index contributed by atoms with van der Waals surface area (Å²) in [6.45, 7) is 3.99. The van der Waals surface area contributed by atoms with Gasteiger partial charge >= 0.3 is 0 Å². The minimum atomic E-state index is -0.373. The summed E-state index contributed by atoms with van der Waals surface area (Å²) in [6.07, 6.45) is 5.74. The molecule has 2 heterocycles. The molecule has 3 atom stereocenters. The number of carbonyl (C=O) groups is 1. The topological polar surface area (TPSA) is 79.6 Å². The van der Waals surface area contributed by atoms with E-state index < -0.39 is 0 Å². The molecule has 0 radical (unpaired) electrons. The lowest BCUT2D eigenvalue weighted by molar-refractivity contribution is -0.210. The van der Waals surface area contributed by atoms with Crippen LogP contribution in [0.4, 0.5) is 0 Å². The molecule has 1 aromatic heterocycles. The third kappa shape index (κ3) is 3.56. The van der Waals surface area contributed by atoms with Gasteiger partial charge in [-0.3, -0.25) is 9.48 Å². The number of aliphatic hydroxyl groups excluding tert-OH is 1. The van der Waals surface area contributed by atoms with Gasteiger partial charge in [-0.2, -0.15) is 5.10 Å². The first-order chi connectivity index (χ1) is 11.5. The molecular formula is C17H29ClN4O3. The monoisotopic (exact) mass is 372 g/mol. The zero-order valence-electron chi connectivity index (χ0n) is 15.1. The van der Waals surface area contributed by atoms with Gasteiger partial charge in [0.2, 0.25) is 5.91 Å². The molecule has 1 aromatic rings. The molecular weight excluding hydrogens is 344 g/mol. The smallest absolute Gasteiger partial charge is 0.244 e. The second-order valence-corrected chi connectivity index (χ2v) is 6.92. The standard InChI is InChI=1S/C17H28N4O3.ClH/c1-4-24-14-9-13(22)17(14)5-7-21(8-6-17)16(23)15(18-2)12-10-19-20(3)11-12;/h10-11,13-15,18,22H,4-9H2,1-3H3;1H. The third-order valence-corrected chi connectivity index (χ3v) is 5.71. The van der Waals surface area contributed by atoms with Crippen molar-refractivity contribution in [1.29, 1.82) is 0 Å². The molecule has 7 nitrogen and oxygen atoms in total. The fourth-order valence-corrected chi connectivity index (χ4v) is 4.16. The van der Waals surface area contributed by atoms with E-state index in [4.69, 9.17) is 4.74 Å². The number of rotatable bonds is 5. The number of piperidine rings is 1. The Morgan fingerprint density at radius 2 is 2.20 bits per heavy atom. The SMILES string of the molecule is CCOC1CC(O)C12CCN(C(=O)C(NC)c1cnn(C)c1)CC2.Cl. The van der Waals surface area contributed by atoms with Crippen molar-refractivity contribution >= 4 is 18.3 Å². The Kier molecular flexibility index (Phi) is 6.48. The molecule has 8 heteroatoms. The van der Waals surface area contributed by atoms with Crippen molar-refractivity contribution in [2.75, 3.05) is 26.7 Å². The van der Waals surface area contributed by atoms with Crippen LogP contribution in [0, 0.1) is 5.41 Å². The van der Waals surface area contributed by atoms with Crippen LogP contribution in [-0.4, -0.2) is 64.6 Å². The van der Waals surface area contributed by atoms with E-state index in [1.165, 1.54) is 0 Å². The number of aromatic nitrogens is 2. The molecule has 1 aliphatic heterocycles. The first-order valence-electron chi connectivity index (χ1n) is 8.76. The molecule has 1 spiro atoms. The number of likely N-dealkylation sites (N-methyl/N-ethyl adjacent to an activating group) is 1. The van der Waals surface area contributed by atoms with Gasteiger partial charge in [-0.1, -0.05) is 0 Å². The lowest BCUT2D eigenvalue weighted by Gasteiger charge is -2.56. The quantitative estimate of drug-likeness (QED) is 0.802. The van der Waals surface area contributed by atoms with Crippen LogP contribution in [0.15, 0.2) is 12.4 Å². The van der Waals surface area contributed by atoms with E-state index in [-0.39, 0.29) is 42.0 Å². The summed E-state index contributed by atoms with van der Waals surface area (Å²) >= 11 is 0. The number of ether oxygens (including phenoxy) is 1. The number of aryl methyl sites for hydroxylation is 1. The summed E-state index contributed by atoms with van der Waals surface area (Å²) in [6, 6.07) is -0.373. The number of carbonyl (C=O) groups excluding carboxylic acids is 1.